The van der Waals surface area contributed by atoms with Crippen molar-refractivity contribution in [2.24, 2.45) is 0 Å². The van der Waals surface area contributed by atoms with Gasteiger partial charge in [-0.25, -0.2) is 0 Å². The number of ketones is 1. The standard InChI is InChI=1S/C15H18O/c1-11-8-12(2)10-14(9-11)13-4-3-5-15(16)7-6-13/h6-10,13H,3-5H2,1-2H3/t13-/m0/s1. The first-order valence-electron chi connectivity index (χ1n) is 5.94. The zero-order chi connectivity index (χ0) is 11.5. The molecule has 1 nitrogen and oxygen atoms in total. The van der Waals surface area contributed by atoms with Crippen LogP contribution >= 0.6 is 0 Å². The van der Waals surface area contributed by atoms with Gasteiger partial charge < -0.3 is 0 Å². The Bertz CT molecular complexity index is 409. The number of aryl methyl sites for hydroxylation is 2. The van der Waals surface area contributed by atoms with E-state index in [0.717, 1.165) is 12.8 Å². The summed E-state index contributed by atoms with van der Waals surface area (Å²) in [5, 5.41) is 0. The third-order valence-electron chi connectivity index (χ3n) is 3.12. The summed E-state index contributed by atoms with van der Waals surface area (Å²) in [5.41, 5.74) is 3.96. The normalized spacial score (nSPS) is 20.9. The molecule has 0 fully saturated rings. The molecule has 0 radical (unpaired) electrons. The third-order valence-corrected chi connectivity index (χ3v) is 3.12. The van der Waals surface area contributed by atoms with E-state index in [-0.39, 0.29) is 5.78 Å². The molecule has 1 aromatic rings. The topological polar surface area (TPSA) is 17.1 Å². The van der Waals surface area contributed by atoms with Gasteiger partial charge in [0.1, 0.15) is 0 Å². The van der Waals surface area contributed by atoms with Crippen LogP contribution in [0.1, 0.15) is 41.9 Å². The smallest absolute Gasteiger partial charge is 0.155 e. The van der Waals surface area contributed by atoms with E-state index in [2.05, 4.69) is 38.1 Å². The third kappa shape index (κ3) is 2.60. The van der Waals surface area contributed by atoms with Crippen molar-refractivity contribution in [3.05, 3.63) is 47.0 Å². The Labute approximate surface area is 97.2 Å². The molecule has 1 atom stereocenters. The molecule has 2 rings (SSSR count). The molecule has 84 valence electrons. The van der Waals surface area contributed by atoms with Gasteiger partial charge in [-0.1, -0.05) is 35.4 Å². The first-order valence-corrected chi connectivity index (χ1v) is 5.94. The van der Waals surface area contributed by atoms with Crippen molar-refractivity contribution in [3.63, 3.8) is 0 Å². The molecule has 1 aromatic carbocycles. The fourth-order valence-corrected chi connectivity index (χ4v) is 2.40. The van der Waals surface area contributed by atoms with Crippen LogP contribution in [0.2, 0.25) is 0 Å². The maximum absolute atomic E-state index is 11.3. The van der Waals surface area contributed by atoms with Crippen LogP contribution in [0.3, 0.4) is 0 Å². The summed E-state index contributed by atoms with van der Waals surface area (Å²) in [6, 6.07) is 6.66. The van der Waals surface area contributed by atoms with Gasteiger partial charge in [0.15, 0.2) is 5.78 Å². The molecular weight excluding hydrogens is 196 g/mol. The Kier molecular flexibility index (Phi) is 3.23. The molecule has 0 aromatic heterocycles. The van der Waals surface area contributed by atoms with Gasteiger partial charge in [0.25, 0.3) is 0 Å². The zero-order valence-electron chi connectivity index (χ0n) is 9.99. The Morgan fingerprint density at radius 1 is 1.12 bits per heavy atom. The summed E-state index contributed by atoms with van der Waals surface area (Å²) in [7, 11) is 0. The van der Waals surface area contributed by atoms with Gasteiger partial charge in [0.2, 0.25) is 0 Å². The molecule has 1 aliphatic carbocycles. The van der Waals surface area contributed by atoms with Crippen LogP contribution in [-0.4, -0.2) is 5.78 Å². The zero-order valence-corrected chi connectivity index (χ0v) is 9.99. The van der Waals surface area contributed by atoms with E-state index in [1.807, 2.05) is 0 Å². The number of hydrogen-bond acceptors (Lipinski definition) is 1. The maximum atomic E-state index is 11.3. The molecule has 0 saturated heterocycles. The first kappa shape index (κ1) is 11.1. The molecule has 0 aliphatic heterocycles. The number of carbonyl (C=O) groups excluding carboxylic acids is 1. The summed E-state index contributed by atoms with van der Waals surface area (Å²) in [5.74, 6) is 0.692. The number of carbonyl (C=O) groups is 1. The van der Waals surface area contributed by atoms with Crippen molar-refractivity contribution in [3.8, 4) is 0 Å². The molecule has 0 spiro atoms. The fourth-order valence-electron chi connectivity index (χ4n) is 2.40. The fraction of sp³-hybridized carbons (Fsp3) is 0.400. The molecule has 1 heteroatoms. The minimum absolute atomic E-state index is 0.270. The highest BCUT2D eigenvalue weighted by molar-refractivity contribution is 5.90. The van der Waals surface area contributed by atoms with E-state index in [1.165, 1.54) is 16.7 Å². The lowest BCUT2D eigenvalue weighted by Gasteiger charge is -2.13. The molecule has 16 heavy (non-hydrogen) atoms. The molecule has 1 aliphatic rings. The summed E-state index contributed by atoms with van der Waals surface area (Å²) in [6.07, 6.45) is 6.63. The molecular formula is C15H18O. The quantitative estimate of drug-likeness (QED) is 0.696. The minimum Gasteiger partial charge on any atom is -0.295 e. The maximum Gasteiger partial charge on any atom is 0.155 e. The van der Waals surface area contributed by atoms with E-state index >= 15 is 0 Å². The SMILES string of the molecule is Cc1cc(C)cc([C@@H]2C=CC(=O)CCC2)c1. The van der Waals surface area contributed by atoms with Crippen molar-refractivity contribution in [1.29, 1.82) is 0 Å². The second kappa shape index (κ2) is 4.65. The van der Waals surface area contributed by atoms with Crippen LogP contribution in [0.4, 0.5) is 0 Å². The second-order valence-corrected chi connectivity index (χ2v) is 4.75. The van der Waals surface area contributed by atoms with Crippen LogP contribution in [-0.2, 0) is 4.79 Å². The van der Waals surface area contributed by atoms with Gasteiger partial charge in [0, 0.05) is 12.3 Å². The Hall–Kier alpha value is -1.37. The largest absolute Gasteiger partial charge is 0.295 e. The highest BCUT2D eigenvalue weighted by Gasteiger charge is 2.13. The average Bonchev–Trinajstić information content (AvgIpc) is 2.41. The van der Waals surface area contributed by atoms with Crippen LogP contribution in [0.5, 0.6) is 0 Å². The van der Waals surface area contributed by atoms with Gasteiger partial charge in [-0.2, -0.15) is 0 Å². The van der Waals surface area contributed by atoms with Crippen molar-refractivity contribution in [2.75, 3.05) is 0 Å². The summed E-state index contributed by atoms with van der Waals surface area (Å²) < 4.78 is 0. The highest BCUT2D eigenvalue weighted by atomic mass is 16.1. The van der Waals surface area contributed by atoms with Gasteiger partial charge >= 0.3 is 0 Å². The Morgan fingerprint density at radius 3 is 2.50 bits per heavy atom. The Balaban J connectivity index is 2.29. The molecule has 0 N–H and O–H groups in total. The predicted octanol–water partition coefficient (Wildman–Crippen LogP) is 3.70. The van der Waals surface area contributed by atoms with Gasteiger partial charge in [-0.05, 0) is 38.3 Å². The number of allylic oxidation sites excluding steroid dienone is 2. The average molecular weight is 214 g/mol. The van der Waals surface area contributed by atoms with Crippen molar-refractivity contribution >= 4 is 5.78 Å². The highest BCUT2D eigenvalue weighted by Crippen LogP contribution is 2.27. The molecule has 0 saturated carbocycles. The minimum atomic E-state index is 0.270. The number of benzene rings is 1. The lowest BCUT2D eigenvalue weighted by molar-refractivity contribution is -0.114. The van der Waals surface area contributed by atoms with Gasteiger partial charge in [0.05, 0.1) is 0 Å². The number of rotatable bonds is 1. The van der Waals surface area contributed by atoms with E-state index in [0.29, 0.717) is 12.3 Å². The lowest BCUT2D eigenvalue weighted by Crippen LogP contribution is -1.95. The van der Waals surface area contributed by atoms with Gasteiger partial charge in [-0.15, -0.1) is 0 Å². The van der Waals surface area contributed by atoms with E-state index in [1.54, 1.807) is 6.08 Å². The van der Waals surface area contributed by atoms with Crippen LogP contribution in [0.15, 0.2) is 30.4 Å². The van der Waals surface area contributed by atoms with Crippen molar-refractivity contribution in [2.45, 2.75) is 39.0 Å². The van der Waals surface area contributed by atoms with Crippen molar-refractivity contribution in [1.82, 2.24) is 0 Å². The van der Waals surface area contributed by atoms with Crippen LogP contribution < -0.4 is 0 Å². The summed E-state index contributed by atoms with van der Waals surface area (Å²) in [6.45, 7) is 4.25. The Morgan fingerprint density at radius 2 is 1.81 bits per heavy atom. The lowest BCUT2D eigenvalue weighted by atomic mass is 9.92. The summed E-state index contributed by atoms with van der Waals surface area (Å²) in [4.78, 5) is 11.3. The predicted molar refractivity (Wildman–Crippen MR) is 66.7 cm³/mol. The van der Waals surface area contributed by atoms with Gasteiger partial charge in [-0.3, -0.25) is 4.79 Å². The van der Waals surface area contributed by atoms with Crippen molar-refractivity contribution < 1.29 is 4.79 Å². The molecule has 0 unspecified atom stereocenters. The monoisotopic (exact) mass is 214 g/mol. The van der Waals surface area contributed by atoms with E-state index in [4.69, 9.17) is 0 Å². The molecule has 0 heterocycles. The van der Waals surface area contributed by atoms with E-state index < -0.39 is 0 Å². The first-order chi connectivity index (χ1) is 7.65. The number of hydrogen-bond donors (Lipinski definition) is 0. The molecule has 0 bridgehead atoms. The second-order valence-electron chi connectivity index (χ2n) is 4.75. The van der Waals surface area contributed by atoms with Crippen LogP contribution in [0.25, 0.3) is 0 Å². The van der Waals surface area contributed by atoms with E-state index in [9.17, 15) is 4.79 Å². The molecule has 0 amide bonds. The summed E-state index contributed by atoms with van der Waals surface area (Å²) >= 11 is 0. The van der Waals surface area contributed by atoms with Crippen LogP contribution in [0, 0.1) is 13.8 Å².